The van der Waals surface area contributed by atoms with E-state index in [9.17, 15) is 0 Å². The summed E-state index contributed by atoms with van der Waals surface area (Å²) in [6.45, 7) is 2.98. The zero-order chi connectivity index (χ0) is 5.98. The quantitative estimate of drug-likeness (QED) is 0.488. The van der Waals surface area contributed by atoms with Crippen LogP contribution in [0.1, 0.15) is 13.3 Å². The molecule has 1 heterocycles. The fourth-order valence-corrected chi connectivity index (χ4v) is 0.927. The normalized spacial score (nSPS) is 28.6. The van der Waals surface area contributed by atoms with Crippen LogP contribution in [0.4, 0.5) is 0 Å². The second kappa shape index (κ2) is 2.31. The van der Waals surface area contributed by atoms with Gasteiger partial charge in [0.05, 0.1) is 0 Å². The molecule has 1 unspecified atom stereocenters. The van der Waals surface area contributed by atoms with E-state index < -0.39 is 0 Å². The van der Waals surface area contributed by atoms with Gasteiger partial charge in [0.15, 0.2) is 0 Å². The van der Waals surface area contributed by atoms with Crippen molar-refractivity contribution in [2.75, 3.05) is 6.54 Å². The maximum absolute atomic E-state index is 5.11. The Morgan fingerprint density at radius 1 is 1.88 bits per heavy atom. The van der Waals surface area contributed by atoms with Gasteiger partial charge in [-0.25, -0.2) is 0 Å². The van der Waals surface area contributed by atoms with Crippen LogP contribution in [0.25, 0.3) is 0 Å². The van der Waals surface area contributed by atoms with Crippen LogP contribution in [0.15, 0.2) is 0 Å². The molecule has 0 aliphatic carbocycles. The molecule has 1 saturated heterocycles. The van der Waals surface area contributed by atoms with Gasteiger partial charge in [-0.15, -0.1) is 0 Å². The maximum Gasteiger partial charge on any atom is 0.256 e. The molecule has 1 rings (SSSR count). The van der Waals surface area contributed by atoms with Crippen molar-refractivity contribution < 1.29 is 4.74 Å². The molecule has 0 spiro atoms. The molecule has 46 valence electrons. The van der Waals surface area contributed by atoms with Crippen molar-refractivity contribution in [3.63, 3.8) is 0 Å². The van der Waals surface area contributed by atoms with E-state index in [4.69, 9.17) is 17.0 Å². The lowest BCUT2D eigenvalue weighted by Crippen LogP contribution is -2.35. The van der Waals surface area contributed by atoms with Crippen LogP contribution < -0.4 is 5.32 Å². The molecule has 1 atom stereocenters. The topological polar surface area (TPSA) is 21.3 Å². The predicted octanol–water partition coefficient (Wildman–Crippen LogP) is 0.670. The second-order valence-electron chi connectivity index (χ2n) is 1.93. The second-order valence-corrected chi connectivity index (χ2v) is 2.30. The Morgan fingerprint density at radius 3 is 3.00 bits per heavy atom. The molecular formula is C5H9NOS. The first-order valence-corrected chi connectivity index (χ1v) is 3.14. The molecule has 3 heteroatoms. The average molecular weight is 131 g/mol. The SMILES string of the molecule is CC1CCNC(=S)O1. The van der Waals surface area contributed by atoms with Crippen molar-refractivity contribution in [1.29, 1.82) is 0 Å². The smallest absolute Gasteiger partial charge is 0.256 e. The summed E-state index contributed by atoms with van der Waals surface area (Å²) in [5, 5.41) is 3.47. The Labute approximate surface area is 54.2 Å². The summed E-state index contributed by atoms with van der Waals surface area (Å²) >= 11 is 4.75. The van der Waals surface area contributed by atoms with Gasteiger partial charge in [-0.3, -0.25) is 0 Å². The standard InChI is InChI=1S/C5H9NOS/c1-4-2-3-6-5(8)7-4/h4H,2-3H2,1H3,(H,6,8). The summed E-state index contributed by atoms with van der Waals surface area (Å²) in [5.74, 6) is 0. The number of ether oxygens (including phenoxy) is 1. The first kappa shape index (κ1) is 5.82. The predicted molar refractivity (Wildman–Crippen MR) is 35.8 cm³/mol. The third-order valence-corrected chi connectivity index (χ3v) is 1.37. The van der Waals surface area contributed by atoms with Gasteiger partial charge in [-0.2, -0.15) is 0 Å². The molecule has 0 aromatic rings. The minimum atomic E-state index is 0.309. The van der Waals surface area contributed by atoms with Gasteiger partial charge in [0.25, 0.3) is 5.17 Å². The zero-order valence-corrected chi connectivity index (χ0v) is 5.62. The Bertz CT molecular complexity index is 105. The van der Waals surface area contributed by atoms with Gasteiger partial charge in [0.1, 0.15) is 6.10 Å². The van der Waals surface area contributed by atoms with E-state index in [1.54, 1.807) is 0 Å². The summed E-state index contributed by atoms with van der Waals surface area (Å²) in [5.41, 5.74) is 0. The highest BCUT2D eigenvalue weighted by Crippen LogP contribution is 2.01. The Morgan fingerprint density at radius 2 is 2.62 bits per heavy atom. The fourth-order valence-electron chi connectivity index (χ4n) is 0.661. The van der Waals surface area contributed by atoms with Gasteiger partial charge in [-0.05, 0) is 19.1 Å². The summed E-state index contributed by atoms with van der Waals surface area (Å²) in [6, 6.07) is 0. The van der Waals surface area contributed by atoms with E-state index >= 15 is 0 Å². The van der Waals surface area contributed by atoms with E-state index in [0.29, 0.717) is 11.3 Å². The fraction of sp³-hybridized carbons (Fsp3) is 0.800. The number of hydrogen-bond acceptors (Lipinski definition) is 2. The van der Waals surface area contributed by atoms with Gasteiger partial charge >= 0.3 is 0 Å². The van der Waals surface area contributed by atoms with Gasteiger partial charge in [-0.1, -0.05) is 0 Å². The van der Waals surface area contributed by atoms with Crippen molar-refractivity contribution in [1.82, 2.24) is 5.32 Å². The van der Waals surface area contributed by atoms with Crippen LogP contribution in [0.2, 0.25) is 0 Å². The number of hydrogen-bond donors (Lipinski definition) is 1. The van der Waals surface area contributed by atoms with Crippen LogP contribution in [-0.2, 0) is 4.74 Å². The van der Waals surface area contributed by atoms with Crippen molar-refractivity contribution in [3.05, 3.63) is 0 Å². The van der Waals surface area contributed by atoms with E-state index in [1.165, 1.54) is 0 Å². The zero-order valence-electron chi connectivity index (χ0n) is 4.81. The first-order valence-electron chi connectivity index (χ1n) is 2.73. The lowest BCUT2D eigenvalue weighted by Gasteiger charge is -2.21. The number of thiocarbonyl (C=S) groups is 1. The van der Waals surface area contributed by atoms with Crippen LogP contribution in [0.3, 0.4) is 0 Å². The monoisotopic (exact) mass is 131 g/mol. The van der Waals surface area contributed by atoms with Crippen LogP contribution >= 0.6 is 12.2 Å². The van der Waals surface area contributed by atoms with E-state index in [0.717, 1.165) is 13.0 Å². The van der Waals surface area contributed by atoms with Crippen molar-refractivity contribution in [2.24, 2.45) is 0 Å². The molecule has 1 aliphatic heterocycles. The summed E-state index contributed by atoms with van der Waals surface area (Å²) in [6.07, 6.45) is 1.36. The van der Waals surface area contributed by atoms with Crippen molar-refractivity contribution in [2.45, 2.75) is 19.4 Å². The summed E-state index contributed by atoms with van der Waals surface area (Å²) in [7, 11) is 0. The molecular weight excluding hydrogens is 122 g/mol. The molecule has 1 N–H and O–H groups in total. The molecule has 0 aromatic heterocycles. The molecule has 1 fully saturated rings. The molecule has 0 saturated carbocycles. The van der Waals surface area contributed by atoms with Crippen LogP contribution in [0.5, 0.6) is 0 Å². The highest BCUT2D eigenvalue weighted by atomic mass is 32.1. The number of rotatable bonds is 0. The Kier molecular flexibility index (Phi) is 1.68. The molecule has 1 aliphatic rings. The van der Waals surface area contributed by atoms with Crippen molar-refractivity contribution >= 4 is 17.4 Å². The van der Waals surface area contributed by atoms with Gasteiger partial charge in [0.2, 0.25) is 0 Å². The minimum absolute atomic E-state index is 0.309. The van der Waals surface area contributed by atoms with Crippen LogP contribution in [-0.4, -0.2) is 17.8 Å². The highest BCUT2D eigenvalue weighted by molar-refractivity contribution is 7.80. The van der Waals surface area contributed by atoms with Gasteiger partial charge in [0, 0.05) is 13.0 Å². The Hall–Kier alpha value is -0.310. The average Bonchev–Trinajstić information content (AvgIpc) is 1.64. The molecule has 2 nitrogen and oxygen atoms in total. The lowest BCUT2D eigenvalue weighted by atomic mass is 10.3. The van der Waals surface area contributed by atoms with E-state index in [1.807, 2.05) is 6.92 Å². The minimum Gasteiger partial charge on any atom is -0.468 e. The summed E-state index contributed by atoms with van der Waals surface area (Å²) in [4.78, 5) is 0. The molecule has 0 amide bonds. The third kappa shape index (κ3) is 1.33. The first-order chi connectivity index (χ1) is 3.79. The van der Waals surface area contributed by atoms with Crippen molar-refractivity contribution in [3.8, 4) is 0 Å². The molecule has 0 aromatic carbocycles. The lowest BCUT2D eigenvalue weighted by molar-refractivity contribution is 0.172. The third-order valence-electron chi connectivity index (χ3n) is 1.13. The highest BCUT2D eigenvalue weighted by Gasteiger charge is 2.10. The van der Waals surface area contributed by atoms with E-state index in [2.05, 4.69) is 5.32 Å². The molecule has 8 heavy (non-hydrogen) atoms. The number of nitrogens with one attached hydrogen (secondary N) is 1. The molecule has 0 radical (unpaired) electrons. The Balaban J connectivity index is 2.34. The van der Waals surface area contributed by atoms with Crippen LogP contribution in [0, 0.1) is 0 Å². The van der Waals surface area contributed by atoms with Gasteiger partial charge < -0.3 is 10.1 Å². The molecule has 0 bridgehead atoms. The maximum atomic E-state index is 5.11. The van der Waals surface area contributed by atoms with E-state index in [-0.39, 0.29) is 0 Å². The largest absolute Gasteiger partial charge is 0.468 e. The summed E-state index contributed by atoms with van der Waals surface area (Å²) < 4.78 is 5.11.